The first-order valence-electron chi connectivity index (χ1n) is 5.48. The minimum absolute atomic E-state index is 0.0917. The second-order valence-electron chi connectivity index (χ2n) is 3.89. The lowest BCUT2D eigenvalue weighted by Crippen LogP contribution is -2.33. The lowest BCUT2D eigenvalue weighted by Gasteiger charge is -2.27. The molecule has 0 radical (unpaired) electrons. The van der Waals surface area contributed by atoms with Gasteiger partial charge in [0.2, 0.25) is 0 Å². The zero-order valence-corrected chi connectivity index (χ0v) is 9.80. The predicted molar refractivity (Wildman–Crippen MR) is 62.1 cm³/mol. The Bertz CT molecular complexity index is 301. The number of hydrogen-bond acceptors (Lipinski definition) is 5. The molecule has 0 saturated carbocycles. The zero-order chi connectivity index (χ0) is 12.0. The summed E-state index contributed by atoms with van der Waals surface area (Å²) in [5, 5.41) is 17.7. The first-order valence-corrected chi connectivity index (χ1v) is 5.48. The van der Waals surface area contributed by atoms with E-state index in [9.17, 15) is 0 Å². The highest BCUT2D eigenvalue weighted by Gasteiger charge is 2.11. The van der Waals surface area contributed by atoms with E-state index in [4.69, 9.17) is 10.2 Å². The lowest BCUT2D eigenvalue weighted by molar-refractivity contribution is 0.276. The summed E-state index contributed by atoms with van der Waals surface area (Å²) in [6.45, 7) is 4.97. The first kappa shape index (κ1) is 12.9. The van der Waals surface area contributed by atoms with E-state index < -0.39 is 0 Å². The van der Waals surface area contributed by atoms with Crippen molar-refractivity contribution in [2.75, 3.05) is 18.1 Å². The molecule has 5 heteroatoms. The van der Waals surface area contributed by atoms with Crippen molar-refractivity contribution in [3.05, 3.63) is 18.1 Å². The average Bonchev–Trinajstić information content (AvgIpc) is 2.30. The van der Waals surface area contributed by atoms with Crippen molar-refractivity contribution in [3.63, 3.8) is 0 Å². The van der Waals surface area contributed by atoms with Crippen LogP contribution in [-0.4, -0.2) is 39.4 Å². The van der Waals surface area contributed by atoms with E-state index in [0.717, 1.165) is 12.4 Å². The molecule has 90 valence electrons. The molecule has 0 unspecified atom stereocenters. The molecule has 0 aromatic carbocycles. The smallest absolute Gasteiger partial charge is 0.147 e. The largest absolute Gasteiger partial charge is 0.396 e. The van der Waals surface area contributed by atoms with Gasteiger partial charge in [0.05, 0.1) is 24.7 Å². The maximum Gasteiger partial charge on any atom is 0.147 e. The van der Waals surface area contributed by atoms with Crippen LogP contribution in [0, 0.1) is 0 Å². The SMILES string of the molecule is CC(C)N(CCCO)c1cnc(CO)cn1. The van der Waals surface area contributed by atoms with Gasteiger partial charge in [-0.15, -0.1) is 0 Å². The van der Waals surface area contributed by atoms with E-state index in [1.165, 1.54) is 0 Å². The van der Waals surface area contributed by atoms with Gasteiger partial charge in [0.25, 0.3) is 0 Å². The van der Waals surface area contributed by atoms with Crippen molar-refractivity contribution < 1.29 is 10.2 Å². The topological polar surface area (TPSA) is 69.5 Å². The Morgan fingerprint density at radius 2 is 2.00 bits per heavy atom. The number of nitrogens with zero attached hydrogens (tertiary/aromatic N) is 3. The fraction of sp³-hybridized carbons (Fsp3) is 0.636. The van der Waals surface area contributed by atoms with Crippen LogP contribution in [0.3, 0.4) is 0 Å². The average molecular weight is 225 g/mol. The highest BCUT2D eigenvalue weighted by Crippen LogP contribution is 2.13. The maximum atomic E-state index is 8.87. The monoisotopic (exact) mass is 225 g/mol. The van der Waals surface area contributed by atoms with Gasteiger partial charge in [0.15, 0.2) is 0 Å². The third-order valence-corrected chi connectivity index (χ3v) is 2.33. The fourth-order valence-electron chi connectivity index (χ4n) is 1.46. The van der Waals surface area contributed by atoms with Crippen molar-refractivity contribution in [1.29, 1.82) is 0 Å². The molecule has 1 rings (SSSR count). The molecule has 16 heavy (non-hydrogen) atoms. The molecule has 0 atom stereocenters. The Labute approximate surface area is 95.8 Å². The van der Waals surface area contributed by atoms with Gasteiger partial charge in [-0.25, -0.2) is 4.98 Å². The van der Waals surface area contributed by atoms with E-state index in [0.29, 0.717) is 18.2 Å². The normalized spacial score (nSPS) is 10.8. The van der Waals surface area contributed by atoms with E-state index in [1.54, 1.807) is 12.4 Å². The van der Waals surface area contributed by atoms with Crippen molar-refractivity contribution >= 4 is 5.82 Å². The van der Waals surface area contributed by atoms with Gasteiger partial charge in [-0.2, -0.15) is 0 Å². The molecule has 0 bridgehead atoms. The summed E-state index contributed by atoms with van der Waals surface area (Å²) in [5.41, 5.74) is 0.564. The molecular formula is C11H19N3O2. The van der Waals surface area contributed by atoms with Gasteiger partial charge in [-0.3, -0.25) is 4.98 Å². The van der Waals surface area contributed by atoms with Crippen LogP contribution < -0.4 is 4.90 Å². The Balaban J connectivity index is 2.75. The predicted octanol–water partition coefficient (Wildman–Crippen LogP) is 0.566. The standard InChI is InChI=1S/C11H19N3O2/c1-9(2)14(4-3-5-15)11-7-12-10(8-16)6-13-11/h6-7,9,15-16H,3-5,8H2,1-2H3. The van der Waals surface area contributed by atoms with Crippen LogP contribution in [0.2, 0.25) is 0 Å². The molecule has 1 aromatic heterocycles. The van der Waals surface area contributed by atoms with Gasteiger partial charge in [0, 0.05) is 19.2 Å². The van der Waals surface area contributed by atoms with Crippen LogP contribution >= 0.6 is 0 Å². The van der Waals surface area contributed by atoms with Gasteiger partial charge < -0.3 is 15.1 Å². The number of hydrogen-bond donors (Lipinski definition) is 2. The van der Waals surface area contributed by atoms with Gasteiger partial charge in [0.1, 0.15) is 5.82 Å². The molecule has 0 aliphatic heterocycles. The molecule has 5 nitrogen and oxygen atoms in total. The van der Waals surface area contributed by atoms with E-state index in [-0.39, 0.29) is 13.2 Å². The molecular weight excluding hydrogens is 206 g/mol. The van der Waals surface area contributed by atoms with Crippen LogP contribution in [0.4, 0.5) is 5.82 Å². The number of rotatable bonds is 6. The molecule has 0 fully saturated rings. The quantitative estimate of drug-likeness (QED) is 0.740. The maximum absolute atomic E-state index is 8.87. The first-order chi connectivity index (χ1) is 7.69. The summed E-state index contributed by atoms with van der Waals surface area (Å²) < 4.78 is 0. The molecule has 0 amide bonds. The summed E-state index contributed by atoms with van der Waals surface area (Å²) in [6.07, 6.45) is 3.94. The van der Waals surface area contributed by atoms with Crippen LogP contribution in [-0.2, 0) is 6.61 Å². The second kappa shape index (κ2) is 6.40. The number of aliphatic hydroxyl groups is 2. The number of aromatic nitrogens is 2. The highest BCUT2D eigenvalue weighted by atomic mass is 16.3. The molecule has 0 aliphatic rings. The molecule has 0 spiro atoms. The Morgan fingerprint density at radius 1 is 1.25 bits per heavy atom. The zero-order valence-electron chi connectivity index (χ0n) is 9.80. The molecule has 1 aromatic rings. The van der Waals surface area contributed by atoms with Gasteiger partial charge >= 0.3 is 0 Å². The van der Waals surface area contributed by atoms with Crippen LogP contribution in [0.5, 0.6) is 0 Å². The lowest BCUT2D eigenvalue weighted by atomic mass is 10.3. The molecule has 0 aliphatic carbocycles. The highest BCUT2D eigenvalue weighted by molar-refractivity contribution is 5.36. The summed E-state index contributed by atoms with van der Waals surface area (Å²) in [6, 6.07) is 0.306. The van der Waals surface area contributed by atoms with Crippen LogP contribution in [0.15, 0.2) is 12.4 Å². The van der Waals surface area contributed by atoms with Crippen molar-refractivity contribution in [2.45, 2.75) is 32.9 Å². The Kier molecular flexibility index (Phi) is 5.14. The summed E-state index contributed by atoms with van der Waals surface area (Å²) in [4.78, 5) is 10.4. The minimum Gasteiger partial charge on any atom is -0.396 e. The van der Waals surface area contributed by atoms with E-state index in [2.05, 4.69) is 28.7 Å². The van der Waals surface area contributed by atoms with Crippen molar-refractivity contribution in [2.24, 2.45) is 0 Å². The number of aliphatic hydroxyl groups excluding tert-OH is 2. The Hall–Kier alpha value is -1.20. The molecule has 0 saturated heterocycles. The van der Waals surface area contributed by atoms with Crippen molar-refractivity contribution in [3.8, 4) is 0 Å². The second-order valence-corrected chi connectivity index (χ2v) is 3.89. The van der Waals surface area contributed by atoms with E-state index >= 15 is 0 Å². The van der Waals surface area contributed by atoms with Gasteiger partial charge in [-0.1, -0.05) is 0 Å². The third kappa shape index (κ3) is 3.43. The molecule has 2 N–H and O–H groups in total. The minimum atomic E-state index is -0.0917. The fourth-order valence-corrected chi connectivity index (χ4v) is 1.46. The summed E-state index contributed by atoms with van der Waals surface area (Å²) in [7, 11) is 0. The van der Waals surface area contributed by atoms with Crippen molar-refractivity contribution in [1.82, 2.24) is 9.97 Å². The van der Waals surface area contributed by atoms with E-state index in [1.807, 2.05) is 0 Å². The third-order valence-electron chi connectivity index (χ3n) is 2.33. The van der Waals surface area contributed by atoms with Gasteiger partial charge in [-0.05, 0) is 20.3 Å². The molecule has 1 heterocycles. The summed E-state index contributed by atoms with van der Waals surface area (Å²) >= 11 is 0. The van der Waals surface area contributed by atoms with Crippen LogP contribution in [0.1, 0.15) is 26.0 Å². The Morgan fingerprint density at radius 3 is 2.44 bits per heavy atom. The summed E-state index contributed by atoms with van der Waals surface area (Å²) in [5.74, 6) is 0.778. The number of anilines is 1. The van der Waals surface area contributed by atoms with Crippen LogP contribution in [0.25, 0.3) is 0 Å².